The normalized spacial score (nSPS) is 19.0. The summed E-state index contributed by atoms with van der Waals surface area (Å²) in [5.74, 6) is -3.26. The van der Waals surface area contributed by atoms with Gasteiger partial charge in [0.15, 0.2) is 6.73 Å². The second-order valence-electron chi connectivity index (χ2n) is 6.66. The largest absolute Gasteiger partial charge is 0.438 e. The van der Waals surface area contributed by atoms with E-state index >= 15 is 0 Å². The van der Waals surface area contributed by atoms with Crippen LogP contribution in [-0.4, -0.2) is 61.7 Å². The zero-order chi connectivity index (χ0) is 20.7. The van der Waals surface area contributed by atoms with E-state index in [0.717, 1.165) is 9.80 Å². The number of amides is 4. The molecule has 10 heteroatoms. The van der Waals surface area contributed by atoms with E-state index in [1.807, 2.05) is 0 Å². The zero-order valence-corrected chi connectivity index (χ0v) is 15.4. The van der Waals surface area contributed by atoms with Gasteiger partial charge in [0.05, 0.1) is 11.1 Å². The number of esters is 1. The van der Waals surface area contributed by atoms with Gasteiger partial charge in [0, 0.05) is 25.9 Å². The number of imide groups is 2. The molecule has 0 N–H and O–H groups in total. The molecule has 1 fully saturated rings. The third-order valence-electron chi connectivity index (χ3n) is 4.95. The predicted molar refractivity (Wildman–Crippen MR) is 95.3 cm³/mol. The number of ether oxygens (including phenoxy) is 1. The fourth-order valence-corrected chi connectivity index (χ4v) is 3.44. The van der Waals surface area contributed by atoms with Crippen molar-refractivity contribution in [3.63, 3.8) is 0 Å². The molecule has 2 aliphatic heterocycles. The summed E-state index contributed by atoms with van der Waals surface area (Å²) in [4.78, 5) is 68.0. The SMILES string of the molecule is Cn1ccnc1C(=O)OCN1C(=O)CCC(N2C(=O)c3ccccc3C2=O)C1=O. The molecule has 148 valence electrons. The van der Waals surface area contributed by atoms with E-state index in [9.17, 15) is 24.0 Å². The average molecular weight is 396 g/mol. The van der Waals surface area contributed by atoms with Gasteiger partial charge in [-0.1, -0.05) is 12.1 Å². The first kappa shape index (κ1) is 18.5. The van der Waals surface area contributed by atoms with E-state index in [0.29, 0.717) is 0 Å². The number of hydrogen-bond donors (Lipinski definition) is 0. The second-order valence-corrected chi connectivity index (χ2v) is 6.66. The third kappa shape index (κ3) is 2.98. The number of nitrogens with zero attached hydrogens (tertiary/aromatic N) is 4. The Morgan fingerprint density at radius 2 is 1.79 bits per heavy atom. The highest BCUT2D eigenvalue weighted by Crippen LogP contribution is 2.29. The Morgan fingerprint density at radius 1 is 1.14 bits per heavy atom. The molecule has 4 amide bonds. The van der Waals surface area contributed by atoms with Crippen molar-refractivity contribution >= 4 is 29.6 Å². The van der Waals surface area contributed by atoms with Crippen LogP contribution in [0.15, 0.2) is 36.7 Å². The Morgan fingerprint density at radius 3 is 2.38 bits per heavy atom. The zero-order valence-electron chi connectivity index (χ0n) is 15.4. The molecule has 0 bridgehead atoms. The number of hydrogen-bond acceptors (Lipinski definition) is 7. The maximum absolute atomic E-state index is 12.9. The van der Waals surface area contributed by atoms with Gasteiger partial charge in [0.25, 0.3) is 17.7 Å². The van der Waals surface area contributed by atoms with Crippen LogP contribution in [0.2, 0.25) is 0 Å². The summed E-state index contributed by atoms with van der Waals surface area (Å²) in [5, 5.41) is 0. The third-order valence-corrected chi connectivity index (χ3v) is 4.95. The Balaban J connectivity index is 1.51. The van der Waals surface area contributed by atoms with Crippen LogP contribution in [0.25, 0.3) is 0 Å². The van der Waals surface area contributed by atoms with Crippen molar-refractivity contribution in [2.24, 2.45) is 7.05 Å². The van der Waals surface area contributed by atoms with Gasteiger partial charge in [0.1, 0.15) is 6.04 Å². The molecule has 1 aromatic heterocycles. The fourth-order valence-electron chi connectivity index (χ4n) is 3.44. The smallest absolute Gasteiger partial charge is 0.376 e. The van der Waals surface area contributed by atoms with Crippen LogP contribution >= 0.6 is 0 Å². The summed E-state index contributed by atoms with van der Waals surface area (Å²) in [6, 6.07) is 5.15. The Hall–Kier alpha value is -3.82. The maximum atomic E-state index is 12.9. The minimum absolute atomic E-state index is 0.0128. The molecule has 1 atom stereocenters. The first-order valence-corrected chi connectivity index (χ1v) is 8.85. The van der Waals surface area contributed by atoms with Crippen molar-refractivity contribution in [3.8, 4) is 0 Å². The highest BCUT2D eigenvalue weighted by Gasteiger charge is 2.47. The van der Waals surface area contributed by atoms with Gasteiger partial charge in [0.2, 0.25) is 11.7 Å². The van der Waals surface area contributed by atoms with E-state index in [-0.39, 0.29) is 29.8 Å². The number of imidazole rings is 1. The molecule has 1 aromatic carbocycles. The highest BCUT2D eigenvalue weighted by molar-refractivity contribution is 6.23. The molecule has 4 rings (SSSR count). The van der Waals surface area contributed by atoms with Crippen molar-refractivity contribution in [3.05, 3.63) is 53.6 Å². The van der Waals surface area contributed by atoms with Gasteiger partial charge < -0.3 is 9.30 Å². The van der Waals surface area contributed by atoms with Gasteiger partial charge in [-0.15, -0.1) is 0 Å². The van der Waals surface area contributed by atoms with Crippen LogP contribution in [0.5, 0.6) is 0 Å². The van der Waals surface area contributed by atoms with Crippen LogP contribution < -0.4 is 0 Å². The quantitative estimate of drug-likeness (QED) is 0.540. The molecule has 2 aliphatic rings. The van der Waals surface area contributed by atoms with E-state index in [1.165, 1.54) is 22.9 Å². The first-order chi connectivity index (χ1) is 13.9. The van der Waals surface area contributed by atoms with Gasteiger partial charge >= 0.3 is 5.97 Å². The molecular weight excluding hydrogens is 380 g/mol. The van der Waals surface area contributed by atoms with Crippen molar-refractivity contribution in [2.75, 3.05) is 6.73 Å². The van der Waals surface area contributed by atoms with Gasteiger partial charge in [-0.05, 0) is 18.6 Å². The van der Waals surface area contributed by atoms with Crippen molar-refractivity contribution < 1.29 is 28.7 Å². The predicted octanol–water partition coefficient (Wildman–Crippen LogP) is 0.348. The molecule has 3 heterocycles. The summed E-state index contributed by atoms with van der Waals surface area (Å²) in [5.41, 5.74) is 0.435. The van der Waals surface area contributed by atoms with Gasteiger partial charge in [-0.25, -0.2) is 14.7 Å². The van der Waals surface area contributed by atoms with Crippen LogP contribution in [0.4, 0.5) is 0 Å². The van der Waals surface area contributed by atoms with E-state index in [1.54, 1.807) is 25.4 Å². The second kappa shape index (κ2) is 6.97. The van der Waals surface area contributed by atoms with Crippen LogP contribution in [-0.2, 0) is 21.4 Å². The number of piperidine rings is 1. The van der Waals surface area contributed by atoms with Crippen LogP contribution in [0.3, 0.4) is 0 Å². The van der Waals surface area contributed by atoms with E-state index < -0.39 is 42.4 Å². The number of aromatic nitrogens is 2. The lowest BCUT2D eigenvalue weighted by atomic mass is 10.0. The number of carbonyl (C=O) groups is 5. The number of benzene rings is 1. The van der Waals surface area contributed by atoms with Crippen molar-refractivity contribution in [1.82, 2.24) is 19.4 Å². The van der Waals surface area contributed by atoms with Crippen molar-refractivity contribution in [2.45, 2.75) is 18.9 Å². The van der Waals surface area contributed by atoms with E-state index in [2.05, 4.69) is 4.98 Å². The summed E-state index contributed by atoms with van der Waals surface area (Å²) in [6.07, 6.45) is 2.91. The molecule has 1 unspecified atom stereocenters. The number of rotatable bonds is 4. The number of carbonyl (C=O) groups excluding carboxylic acids is 5. The van der Waals surface area contributed by atoms with Crippen LogP contribution in [0.1, 0.15) is 44.2 Å². The molecule has 2 aromatic rings. The average Bonchev–Trinajstić information content (AvgIpc) is 3.24. The molecule has 0 spiro atoms. The fraction of sp³-hybridized carbons (Fsp3) is 0.263. The summed E-state index contributed by atoms with van der Waals surface area (Å²) >= 11 is 0. The molecule has 10 nitrogen and oxygen atoms in total. The lowest BCUT2D eigenvalue weighted by molar-refractivity contribution is -0.156. The maximum Gasteiger partial charge on any atom is 0.376 e. The first-order valence-electron chi connectivity index (χ1n) is 8.85. The van der Waals surface area contributed by atoms with Crippen LogP contribution in [0, 0.1) is 0 Å². The van der Waals surface area contributed by atoms with Gasteiger partial charge in [-0.2, -0.15) is 0 Å². The van der Waals surface area contributed by atoms with E-state index in [4.69, 9.17) is 4.74 Å². The number of aryl methyl sites for hydroxylation is 1. The minimum atomic E-state index is -1.13. The van der Waals surface area contributed by atoms with Gasteiger partial charge in [-0.3, -0.25) is 24.1 Å². The summed E-state index contributed by atoms with van der Waals surface area (Å²) < 4.78 is 6.48. The Kier molecular flexibility index (Phi) is 4.45. The summed E-state index contributed by atoms with van der Waals surface area (Å²) in [6.45, 7) is -0.622. The standard InChI is InChI=1S/C19H16N4O6/c1-21-9-8-20-15(21)19(28)29-10-22-14(24)7-6-13(18(22)27)23-16(25)11-4-2-3-5-12(11)17(23)26/h2-5,8-9,13H,6-7,10H2,1H3. The molecular formula is C19H16N4O6. The monoisotopic (exact) mass is 396 g/mol. The summed E-state index contributed by atoms with van der Waals surface area (Å²) in [7, 11) is 1.60. The lowest BCUT2D eigenvalue weighted by Gasteiger charge is -2.33. The Labute approximate surface area is 164 Å². The molecule has 0 saturated carbocycles. The molecule has 1 saturated heterocycles. The lowest BCUT2D eigenvalue weighted by Crippen LogP contribution is -2.56. The molecule has 0 radical (unpaired) electrons. The number of fused-ring (bicyclic) bond motifs is 1. The Bertz CT molecular complexity index is 1020. The topological polar surface area (TPSA) is 119 Å². The molecule has 29 heavy (non-hydrogen) atoms. The minimum Gasteiger partial charge on any atom is -0.438 e. The molecule has 0 aliphatic carbocycles. The highest BCUT2D eigenvalue weighted by atomic mass is 16.5. The van der Waals surface area contributed by atoms with Crippen molar-refractivity contribution in [1.29, 1.82) is 0 Å². The number of likely N-dealkylation sites (tertiary alicyclic amines) is 1.